The van der Waals surface area contributed by atoms with E-state index in [1.807, 2.05) is 76.2 Å². The molecular weight excluding hydrogens is 1910 g/mol. The number of aryl methyl sites for hydroxylation is 15. The van der Waals surface area contributed by atoms with Crippen molar-refractivity contribution in [2.75, 3.05) is 21.3 Å². The van der Waals surface area contributed by atoms with Crippen molar-refractivity contribution in [3.05, 3.63) is 331 Å². The quantitative estimate of drug-likeness (QED) is 0.111. The van der Waals surface area contributed by atoms with Crippen LogP contribution in [0.15, 0.2) is 205 Å². The number of halogens is 28. The second-order valence-electron chi connectivity index (χ2n) is 27.1. The lowest BCUT2D eigenvalue weighted by Gasteiger charge is -2.11. The van der Waals surface area contributed by atoms with Gasteiger partial charge in [-0.3, -0.25) is 0 Å². The summed E-state index contributed by atoms with van der Waals surface area (Å²) in [6, 6.07) is 51.9. The molecule has 0 unspecified atom stereocenters. The summed E-state index contributed by atoms with van der Waals surface area (Å²) in [4.78, 5) is 0. The van der Waals surface area contributed by atoms with Crippen LogP contribution in [0.5, 0.6) is 51.7 Å². The van der Waals surface area contributed by atoms with Crippen molar-refractivity contribution >= 4 is 62.3 Å². The largest absolute Gasteiger partial charge is 0.573 e. The van der Waals surface area contributed by atoms with Gasteiger partial charge in [0, 0.05) is 0 Å². The molecule has 37 heteroatoms. The lowest BCUT2D eigenvalue weighted by atomic mass is 10.1. The smallest absolute Gasteiger partial charge is 0.496 e. The van der Waals surface area contributed by atoms with E-state index in [9.17, 15) is 101 Å². The topological polar surface area (TPSA) is 83.1 Å². The molecule has 0 heterocycles. The Labute approximate surface area is 760 Å². The van der Waals surface area contributed by atoms with Crippen molar-refractivity contribution in [2.45, 2.75) is 155 Å². The van der Waals surface area contributed by atoms with E-state index in [2.05, 4.69) is 63.4 Å². The van der Waals surface area contributed by atoms with Gasteiger partial charge in [0.25, 0.3) is 0 Å². The van der Waals surface area contributed by atoms with Crippen molar-refractivity contribution in [1.29, 1.82) is 0 Å². The van der Waals surface area contributed by atoms with Crippen LogP contribution in [0.25, 0.3) is 0 Å². The van der Waals surface area contributed by atoms with E-state index in [1.165, 1.54) is 90.3 Å². The molecular formula is C92H90BrCl4F23O9. The first-order valence-corrected chi connectivity index (χ1v) is 39.3. The van der Waals surface area contributed by atoms with E-state index in [0.717, 1.165) is 79.9 Å². The summed E-state index contributed by atoms with van der Waals surface area (Å²) in [5, 5.41) is 0.546. The summed E-state index contributed by atoms with van der Waals surface area (Å²) >= 11 is 25.6. The number of benzene rings is 11. The van der Waals surface area contributed by atoms with Gasteiger partial charge in [0.2, 0.25) is 0 Å². The summed E-state index contributed by atoms with van der Waals surface area (Å²) in [6.45, 7) is 17.7. The van der Waals surface area contributed by atoms with Gasteiger partial charge in [0.05, 0.1) is 57.0 Å². The van der Waals surface area contributed by atoms with Gasteiger partial charge in [-0.05, 0) is 301 Å². The Hall–Kier alpha value is -10.4. The van der Waals surface area contributed by atoms with Crippen LogP contribution in [-0.2, 0) is 12.4 Å². The Morgan fingerprint density at radius 2 is 0.481 bits per heavy atom. The molecule has 11 aromatic rings. The standard InChI is InChI=1S/C9H9F3O.C9H9F3.C9H10F2O.C9H12O.C8H9BrO.C8H6ClF3O.C8H6ClF3.C8H7ClF2O.C8H9ClO.C8H6F4O.C8H7F3O/c1-6-3-4-7(2)8(5-6)13-9(10,11)12;1-6-3-4-7(2)8(5-6)9(10,11)12;1-6-3-4-7(2)8(5-6)12-9(10)11;1-7-4-5-8(2)9(6-7)10-3;1-6-3-4-7(9)8(5-6)10-2;1-5-2-3-6(9)7(4-5)13-8(10,11)12;1-5-2-3-7(9)6(4-5)8(10,11)12;1-5-2-3-6(9)7(4-5)12-8(10)11;1-6-3-4-7(9)8(5-6)10-2;1-5-2-3-6(9)7(4-5)13-8(10,11)12;1-5-2-3-6(9)7(4-5)12-8(10)11/h3-5H,1-2H3;3-5H,1-2H3;3-5,9H,1-2H3;4-6H,1-3H3;3-5H,1-2H3;2-4H,1H3;2-4H,1H3;2-4,8H,1H3;3-5H,1-2H3;2-4H,1H3;2-4,8H,1H3. The van der Waals surface area contributed by atoms with Crippen LogP contribution in [0.3, 0.4) is 0 Å². The van der Waals surface area contributed by atoms with Gasteiger partial charge in [0.1, 0.15) is 40.2 Å². The highest BCUT2D eigenvalue weighted by Crippen LogP contribution is 2.38. The third-order valence-corrected chi connectivity index (χ3v) is 17.6. The number of hydrogen-bond donors (Lipinski definition) is 0. The summed E-state index contributed by atoms with van der Waals surface area (Å²) in [7, 11) is 4.97. The molecule has 0 bridgehead atoms. The number of methoxy groups -OCH3 is 3. The molecule has 0 aliphatic heterocycles. The number of rotatable bonds is 12. The fraction of sp³-hybridized carbons (Fsp3) is 0.283. The van der Waals surface area contributed by atoms with E-state index >= 15 is 0 Å². The van der Waals surface area contributed by atoms with E-state index in [1.54, 1.807) is 126 Å². The predicted octanol–water partition coefficient (Wildman–Crippen LogP) is 33.4. The minimum atomic E-state index is -4.85. The number of alkyl halides is 21. The molecule has 708 valence electrons. The van der Waals surface area contributed by atoms with Gasteiger partial charge in [0.15, 0.2) is 23.1 Å². The Balaban J connectivity index is 0.000000710. The third-order valence-electron chi connectivity index (χ3n) is 15.7. The lowest BCUT2D eigenvalue weighted by Crippen LogP contribution is -2.18. The minimum absolute atomic E-state index is 0.0201. The highest BCUT2D eigenvalue weighted by molar-refractivity contribution is 9.10. The number of hydrogen-bond acceptors (Lipinski definition) is 9. The molecule has 0 atom stereocenters. The van der Waals surface area contributed by atoms with Crippen LogP contribution in [0.2, 0.25) is 20.1 Å². The maximum absolute atomic E-state index is 12.7. The van der Waals surface area contributed by atoms with Crippen LogP contribution in [-0.4, -0.2) is 60.3 Å². The highest BCUT2D eigenvalue weighted by atomic mass is 79.9. The van der Waals surface area contributed by atoms with Crippen LogP contribution in [0.1, 0.15) is 94.6 Å². The van der Waals surface area contributed by atoms with Crippen molar-refractivity contribution in [3.63, 3.8) is 0 Å². The molecule has 129 heavy (non-hydrogen) atoms. The minimum Gasteiger partial charge on any atom is -0.496 e. The molecule has 0 aliphatic rings. The molecule has 0 aliphatic carbocycles. The molecule has 0 radical (unpaired) electrons. The predicted molar refractivity (Wildman–Crippen MR) is 459 cm³/mol. The summed E-state index contributed by atoms with van der Waals surface area (Å²) in [5.41, 5.74) is 10.4. The van der Waals surface area contributed by atoms with Gasteiger partial charge in [-0.2, -0.15) is 52.7 Å². The molecule has 0 fully saturated rings. The molecule has 11 aromatic carbocycles. The van der Waals surface area contributed by atoms with Gasteiger partial charge >= 0.3 is 51.3 Å². The van der Waals surface area contributed by atoms with Crippen molar-refractivity contribution in [3.8, 4) is 51.7 Å². The van der Waals surface area contributed by atoms with E-state index in [0.29, 0.717) is 38.4 Å². The molecule has 0 N–H and O–H groups in total. The van der Waals surface area contributed by atoms with Crippen LogP contribution in [0, 0.1) is 115 Å². The fourth-order valence-corrected chi connectivity index (χ4v) is 10.6. The Morgan fingerprint density at radius 1 is 0.240 bits per heavy atom. The second kappa shape index (κ2) is 55.6. The average Bonchev–Trinajstić information content (AvgIpc) is 0.833. The van der Waals surface area contributed by atoms with E-state index in [4.69, 9.17) is 60.6 Å². The van der Waals surface area contributed by atoms with Gasteiger partial charge < -0.3 is 42.6 Å². The van der Waals surface area contributed by atoms with Crippen molar-refractivity contribution < 1.29 is 144 Å². The zero-order chi connectivity index (χ0) is 99.0. The van der Waals surface area contributed by atoms with Crippen LogP contribution < -0.4 is 42.6 Å². The molecule has 0 spiro atoms. The molecule has 0 saturated carbocycles. The normalized spacial score (nSPS) is 10.8. The first-order valence-electron chi connectivity index (χ1n) is 37.0. The van der Waals surface area contributed by atoms with Crippen molar-refractivity contribution in [2.24, 2.45) is 0 Å². The Morgan fingerprint density at radius 3 is 0.837 bits per heavy atom. The van der Waals surface area contributed by atoms with Gasteiger partial charge in [-0.25, -0.2) is 8.78 Å². The first-order chi connectivity index (χ1) is 59.5. The summed E-state index contributed by atoms with van der Waals surface area (Å²) in [5.74, 6) is -0.638. The molecule has 0 amide bonds. The molecule has 11 rings (SSSR count). The van der Waals surface area contributed by atoms with Crippen LogP contribution in [0.4, 0.5) is 101 Å². The average molecular weight is 2000 g/mol. The third kappa shape index (κ3) is 49.9. The maximum atomic E-state index is 12.7. The molecule has 9 nitrogen and oxygen atoms in total. The highest BCUT2D eigenvalue weighted by Gasteiger charge is 2.36. The van der Waals surface area contributed by atoms with Crippen LogP contribution >= 0.6 is 62.3 Å². The monoisotopic (exact) mass is 1990 g/mol. The molecule has 0 aromatic heterocycles. The van der Waals surface area contributed by atoms with E-state index < -0.39 is 85.5 Å². The Kier molecular flexibility index (Phi) is 50.3. The summed E-state index contributed by atoms with van der Waals surface area (Å²) in [6.07, 6.45) is -22.7. The SMILES string of the molecule is COc1cc(C)ccc1Br.COc1cc(C)ccc1C.COc1cc(C)ccc1Cl.Cc1ccc(C)c(C(F)(F)F)c1.Cc1ccc(C)c(OC(F)(F)F)c1.Cc1ccc(C)c(OC(F)F)c1.Cc1ccc(Cl)c(C(F)(F)F)c1.Cc1ccc(Cl)c(OC(F)(F)F)c1.Cc1ccc(Cl)c(OC(F)F)c1.Cc1ccc(F)c(OC(F)(F)F)c1.Cc1ccc(F)c(OC(F)F)c1. The second-order valence-corrected chi connectivity index (χ2v) is 29.6. The zero-order valence-electron chi connectivity index (χ0n) is 72.0. The fourth-order valence-electron chi connectivity index (χ4n) is 9.45. The number of ether oxygens (including phenoxy) is 9. The zero-order valence-corrected chi connectivity index (χ0v) is 76.7. The van der Waals surface area contributed by atoms with Crippen molar-refractivity contribution in [1.82, 2.24) is 0 Å². The first kappa shape index (κ1) is 117. The lowest BCUT2D eigenvalue weighted by molar-refractivity contribution is -0.276. The van der Waals surface area contributed by atoms with Gasteiger partial charge in [-0.1, -0.05) is 149 Å². The molecule has 0 saturated heterocycles. The van der Waals surface area contributed by atoms with Gasteiger partial charge in [-0.15, -0.1) is 39.5 Å². The summed E-state index contributed by atoms with van der Waals surface area (Å²) < 4.78 is 314. The Bertz CT molecular complexity index is 4770. The van der Waals surface area contributed by atoms with E-state index in [-0.39, 0.29) is 43.6 Å². The maximum Gasteiger partial charge on any atom is 0.573 e.